The Balaban J connectivity index is 1.94. The van der Waals surface area contributed by atoms with Gasteiger partial charge in [0.1, 0.15) is 5.75 Å². The first-order valence-electron chi connectivity index (χ1n) is 6.07. The Hall–Kier alpha value is -1.81. The van der Waals surface area contributed by atoms with Crippen molar-refractivity contribution in [3.05, 3.63) is 47.8 Å². The topological polar surface area (TPSA) is 53.1 Å². The average molecular weight is 245 g/mol. The predicted molar refractivity (Wildman–Crippen MR) is 71.5 cm³/mol. The summed E-state index contributed by atoms with van der Waals surface area (Å²) in [5.41, 5.74) is 8.53. The van der Waals surface area contributed by atoms with E-state index in [1.165, 1.54) is 5.69 Å². The second-order valence-corrected chi connectivity index (χ2v) is 4.36. The number of aryl methyl sites for hydroxylation is 2. The maximum atomic E-state index is 6.18. The van der Waals surface area contributed by atoms with Gasteiger partial charge in [0.2, 0.25) is 0 Å². The van der Waals surface area contributed by atoms with Crippen LogP contribution in [-0.4, -0.2) is 16.9 Å². The smallest absolute Gasteiger partial charge is 0.118 e. The lowest BCUT2D eigenvalue weighted by molar-refractivity contribution is 0.414. The van der Waals surface area contributed by atoms with Crippen molar-refractivity contribution in [3.63, 3.8) is 0 Å². The molecule has 0 spiro atoms. The number of benzene rings is 1. The maximum Gasteiger partial charge on any atom is 0.118 e. The van der Waals surface area contributed by atoms with Crippen LogP contribution in [0.25, 0.3) is 0 Å². The zero-order chi connectivity index (χ0) is 13.0. The summed E-state index contributed by atoms with van der Waals surface area (Å²) in [6.45, 7) is 0. The summed E-state index contributed by atoms with van der Waals surface area (Å²) in [6, 6.07) is 10.0. The van der Waals surface area contributed by atoms with Crippen molar-refractivity contribution in [2.45, 2.75) is 18.9 Å². The first kappa shape index (κ1) is 12.6. The van der Waals surface area contributed by atoms with E-state index in [0.717, 1.165) is 24.2 Å². The molecule has 0 aliphatic heterocycles. The molecule has 1 unspecified atom stereocenters. The number of hydrogen-bond acceptors (Lipinski definition) is 3. The predicted octanol–water partition coefficient (Wildman–Crippen LogP) is 2.06. The first-order chi connectivity index (χ1) is 8.70. The molecule has 0 aliphatic rings. The SMILES string of the molecule is COc1ccc(C(N)CCc2ccnn2C)cc1. The van der Waals surface area contributed by atoms with Gasteiger partial charge in [-0.15, -0.1) is 0 Å². The fourth-order valence-electron chi connectivity index (χ4n) is 1.97. The highest BCUT2D eigenvalue weighted by Crippen LogP contribution is 2.19. The molecule has 0 radical (unpaired) electrons. The number of methoxy groups -OCH3 is 1. The molecule has 96 valence electrons. The van der Waals surface area contributed by atoms with E-state index in [4.69, 9.17) is 10.5 Å². The molecule has 1 aromatic heterocycles. The Morgan fingerprint density at radius 1 is 1.28 bits per heavy atom. The zero-order valence-corrected chi connectivity index (χ0v) is 10.8. The van der Waals surface area contributed by atoms with Gasteiger partial charge in [0.05, 0.1) is 7.11 Å². The van der Waals surface area contributed by atoms with Crippen LogP contribution in [0.5, 0.6) is 5.75 Å². The lowest BCUT2D eigenvalue weighted by Crippen LogP contribution is -2.12. The van der Waals surface area contributed by atoms with Gasteiger partial charge in [0.25, 0.3) is 0 Å². The molecule has 2 N–H and O–H groups in total. The van der Waals surface area contributed by atoms with Gasteiger partial charge >= 0.3 is 0 Å². The molecule has 0 bridgehead atoms. The second kappa shape index (κ2) is 5.69. The molecule has 1 heterocycles. The highest BCUT2D eigenvalue weighted by atomic mass is 16.5. The standard InChI is InChI=1S/C14H19N3O/c1-17-12(9-10-16-17)5-8-14(15)11-3-6-13(18-2)7-4-11/h3-4,6-7,9-10,14H,5,8,15H2,1-2H3. The maximum absolute atomic E-state index is 6.18. The van der Waals surface area contributed by atoms with E-state index in [0.29, 0.717) is 0 Å². The molecule has 1 aromatic carbocycles. The summed E-state index contributed by atoms with van der Waals surface area (Å²) in [7, 11) is 3.62. The third-order valence-corrected chi connectivity index (χ3v) is 3.18. The molecular weight excluding hydrogens is 226 g/mol. The lowest BCUT2D eigenvalue weighted by Gasteiger charge is -2.12. The van der Waals surface area contributed by atoms with Crippen molar-refractivity contribution >= 4 is 0 Å². The lowest BCUT2D eigenvalue weighted by atomic mass is 10.0. The van der Waals surface area contributed by atoms with Crippen molar-refractivity contribution in [3.8, 4) is 5.75 Å². The number of nitrogens with two attached hydrogens (primary N) is 1. The van der Waals surface area contributed by atoms with E-state index in [2.05, 4.69) is 5.10 Å². The summed E-state index contributed by atoms with van der Waals surface area (Å²) < 4.78 is 7.02. The summed E-state index contributed by atoms with van der Waals surface area (Å²) in [5, 5.41) is 4.15. The second-order valence-electron chi connectivity index (χ2n) is 4.36. The van der Waals surface area contributed by atoms with E-state index in [1.54, 1.807) is 7.11 Å². The molecular formula is C14H19N3O. The minimum absolute atomic E-state index is 0.0470. The Morgan fingerprint density at radius 2 is 2.00 bits per heavy atom. The first-order valence-corrected chi connectivity index (χ1v) is 6.07. The highest BCUT2D eigenvalue weighted by Gasteiger charge is 2.08. The normalized spacial score (nSPS) is 12.4. The minimum Gasteiger partial charge on any atom is -0.497 e. The van der Waals surface area contributed by atoms with Crippen LogP contribution < -0.4 is 10.5 Å². The van der Waals surface area contributed by atoms with Gasteiger partial charge in [0, 0.05) is 25.0 Å². The van der Waals surface area contributed by atoms with Crippen LogP contribution in [0.1, 0.15) is 23.7 Å². The van der Waals surface area contributed by atoms with Gasteiger partial charge in [-0.05, 0) is 36.6 Å². The Labute approximate surface area is 107 Å². The largest absolute Gasteiger partial charge is 0.497 e. The Morgan fingerprint density at radius 3 is 2.56 bits per heavy atom. The van der Waals surface area contributed by atoms with Crippen LogP contribution in [0.2, 0.25) is 0 Å². The molecule has 0 aliphatic carbocycles. The molecule has 0 saturated carbocycles. The Bertz CT molecular complexity index is 490. The molecule has 4 heteroatoms. The third-order valence-electron chi connectivity index (χ3n) is 3.18. The fourth-order valence-corrected chi connectivity index (χ4v) is 1.97. The third kappa shape index (κ3) is 2.90. The van der Waals surface area contributed by atoms with E-state index in [1.807, 2.05) is 48.3 Å². The molecule has 0 amide bonds. The van der Waals surface area contributed by atoms with Crippen molar-refractivity contribution in [1.82, 2.24) is 9.78 Å². The summed E-state index contributed by atoms with van der Waals surface area (Å²) >= 11 is 0. The molecule has 4 nitrogen and oxygen atoms in total. The van der Waals surface area contributed by atoms with E-state index < -0.39 is 0 Å². The average Bonchev–Trinajstić information content (AvgIpc) is 2.81. The van der Waals surface area contributed by atoms with Gasteiger partial charge in [-0.1, -0.05) is 12.1 Å². The number of aromatic nitrogens is 2. The van der Waals surface area contributed by atoms with Gasteiger partial charge in [-0.3, -0.25) is 4.68 Å². The van der Waals surface area contributed by atoms with Crippen molar-refractivity contribution in [2.24, 2.45) is 12.8 Å². The number of ether oxygens (including phenoxy) is 1. The number of hydrogen-bond donors (Lipinski definition) is 1. The van der Waals surface area contributed by atoms with Crippen molar-refractivity contribution < 1.29 is 4.74 Å². The van der Waals surface area contributed by atoms with Gasteiger partial charge in [-0.2, -0.15) is 5.10 Å². The zero-order valence-electron chi connectivity index (χ0n) is 10.8. The molecule has 2 rings (SSSR count). The minimum atomic E-state index is 0.0470. The van der Waals surface area contributed by atoms with Crippen LogP contribution in [0, 0.1) is 0 Å². The van der Waals surface area contributed by atoms with Crippen molar-refractivity contribution in [1.29, 1.82) is 0 Å². The van der Waals surface area contributed by atoms with Gasteiger partial charge < -0.3 is 10.5 Å². The number of rotatable bonds is 5. The molecule has 1 atom stereocenters. The molecule has 0 fully saturated rings. The van der Waals surface area contributed by atoms with Crippen molar-refractivity contribution in [2.75, 3.05) is 7.11 Å². The molecule has 0 saturated heterocycles. The van der Waals surface area contributed by atoms with Crippen LogP contribution in [0.4, 0.5) is 0 Å². The quantitative estimate of drug-likeness (QED) is 0.877. The monoisotopic (exact) mass is 245 g/mol. The highest BCUT2D eigenvalue weighted by molar-refractivity contribution is 5.29. The summed E-state index contributed by atoms with van der Waals surface area (Å²) in [5.74, 6) is 0.859. The van der Waals surface area contributed by atoms with Crippen LogP contribution >= 0.6 is 0 Å². The summed E-state index contributed by atoms with van der Waals surface area (Å²) in [6.07, 6.45) is 3.66. The fraction of sp³-hybridized carbons (Fsp3) is 0.357. The van der Waals surface area contributed by atoms with Crippen LogP contribution in [-0.2, 0) is 13.5 Å². The van der Waals surface area contributed by atoms with E-state index in [9.17, 15) is 0 Å². The van der Waals surface area contributed by atoms with Crippen LogP contribution in [0.3, 0.4) is 0 Å². The summed E-state index contributed by atoms with van der Waals surface area (Å²) in [4.78, 5) is 0. The number of nitrogens with zero attached hydrogens (tertiary/aromatic N) is 2. The Kier molecular flexibility index (Phi) is 3.99. The molecule has 2 aromatic rings. The van der Waals surface area contributed by atoms with E-state index >= 15 is 0 Å². The van der Waals surface area contributed by atoms with Crippen LogP contribution in [0.15, 0.2) is 36.5 Å². The van der Waals surface area contributed by atoms with E-state index in [-0.39, 0.29) is 6.04 Å². The molecule has 18 heavy (non-hydrogen) atoms. The van der Waals surface area contributed by atoms with Gasteiger partial charge in [-0.25, -0.2) is 0 Å². The van der Waals surface area contributed by atoms with Gasteiger partial charge in [0.15, 0.2) is 0 Å².